The number of hydrogen-bond acceptors (Lipinski definition) is 2. The van der Waals surface area contributed by atoms with Crippen molar-refractivity contribution in [2.75, 3.05) is 17.4 Å². The topological polar surface area (TPSA) is 34.1 Å². The number of sulfone groups is 1. The Morgan fingerprint density at radius 2 is 1.62 bits per heavy atom. The van der Waals surface area contributed by atoms with E-state index < -0.39 is 15.2 Å². The van der Waals surface area contributed by atoms with Gasteiger partial charge in [-0.15, -0.1) is 23.2 Å². The quantitative estimate of drug-likeness (QED) is 0.455. The molecule has 0 amide bonds. The Bertz CT molecular complexity index is 253. The minimum Gasteiger partial charge on any atom is -0.229 e. The van der Waals surface area contributed by atoms with Crippen LogP contribution in [0, 0.1) is 0 Å². The van der Waals surface area contributed by atoms with Crippen molar-refractivity contribution in [1.29, 1.82) is 0 Å². The fourth-order valence-electron chi connectivity index (χ4n) is 1.51. The number of halogens is 2. The van der Waals surface area contributed by atoms with Gasteiger partial charge in [-0.25, -0.2) is 8.42 Å². The van der Waals surface area contributed by atoms with E-state index >= 15 is 0 Å². The van der Waals surface area contributed by atoms with Crippen molar-refractivity contribution in [3.8, 4) is 0 Å². The molecule has 0 aromatic rings. The molecule has 0 aromatic carbocycles. The summed E-state index contributed by atoms with van der Waals surface area (Å²) in [6.45, 7) is 2.16. The summed E-state index contributed by atoms with van der Waals surface area (Å²) in [6.07, 6.45) is 6.52. The summed E-state index contributed by atoms with van der Waals surface area (Å²) in [6, 6.07) is 0. The molecule has 98 valence electrons. The lowest BCUT2D eigenvalue weighted by Crippen LogP contribution is -2.20. The molecule has 2 nitrogen and oxygen atoms in total. The van der Waals surface area contributed by atoms with Crippen molar-refractivity contribution in [2.45, 2.75) is 50.8 Å². The highest BCUT2D eigenvalue weighted by molar-refractivity contribution is 7.91. The second-order valence-electron chi connectivity index (χ2n) is 4.13. The normalized spacial score (nSPS) is 13.9. The minimum absolute atomic E-state index is 0.00696. The van der Waals surface area contributed by atoms with Gasteiger partial charge in [0.05, 0.1) is 16.9 Å². The monoisotopic (exact) mass is 288 g/mol. The van der Waals surface area contributed by atoms with Gasteiger partial charge in [0.15, 0.2) is 9.84 Å². The zero-order chi connectivity index (χ0) is 12.4. The zero-order valence-electron chi connectivity index (χ0n) is 9.92. The third-order valence-electron chi connectivity index (χ3n) is 2.41. The number of rotatable bonds is 10. The van der Waals surface area contributed by atoms with Gasteiger partial charge in [-0.3, -0.25) is 0 Å². The predicted molar refractivity (Wildman–Crippen MR) is 72.4 cm³/mol. The molecular formula is C11H22Cl2O2S. The predicted octanol–water partition coefficient (Wildman–Crippen LogP) is 3.61. The van der Waals surface area contributed by atoms with Crippen molar-refractivity contribution in [1.82, 2.24) is 0 Å². The molecule has 0 bridgehead atoms. The molecule has 5 heteroatoms. The number of unbranched alkanes of at least 4 members (excludes halogenated alkanes) is 5. The lowest BCUT2D eigenvalue weighted by molar-refractivity contribution is 0.583. The highest BCUT2D eigenvalue weighted by Gasteiger charge is 2.16. The maximum atomic E-state index is 11.5. The van der Waals surface area contributed by atoms with E-state index in [0.717, 1.165) is 19.3 Å². The van der Waals surface area contributed by atoms with Crippen molar-refractivity contribution in [3.05, 3.63) is 0 Å². The van der Waals surface area contributed by atoms with Crippen LogP contribution in [0.4, 0.5) is 0 Å². The minimum atomic E-state index is -3.00. The molecule has 0 aliphatic rings. The number of hydrogen-bond donors (Lipinski definition) is 0. The van der Waals surface area contributed by atoms with Gasteiger partial charge < -0.3 is 0 Å². The van der Waals surface area contributed by atoms with Gasteiger partial charge >= 0.3 is 0 Å². The Balaban J connectivity index is 3.59. The fraction of sp³-hybridized carbons (Fsp3) is 1.00. The Morgan fingerprint density at radius 1 is 1.06 bits per heavy atom. The number of alkyl halides is 2. The first-order chi connectivity index (χ1) is 7.52. The van der Waals surface area contributed by atoms with Crippen LogP contribution in [0.25, 0.3) is 0 Å². The average molecular weight is 289 g/mol. The second-order valence-corrected chi connectivity index (χ2v) is 7.29. The molecule has 0 fully saturated rings. The second kappa shape index (κ2) is 9.55. The zero-order valence-corrected chi connectivity index (χ0v) is 12.3. The lowest BCUT2D eigenvalue weighted by atomic mass is 10.1. The first kappa shape index (κ1) is 16.5. The van der Waals surface area contributed by atoms with Crippen LogP contribution in [0.2, 0.25) is 0 Å². The van der Waals surface area contributed by atoms with Gasteiger partial charge in [0.1, 0.15) is 0 Å². The van der Waals surface area contributed by atoms with Gasteiger partial charge in [0.2, 0.25) is 0 Å². The molecule has 0 rings (SSSR count). The van der Waals surface area contributed by atoms with E-state index in [1.165, 1.54) is 19.3 Å². The van der Waals surface area contributed by atoms with Crippen LogP contribution in [0.1, 0.15) is 45.4 Å². The van der Waals surface area contributed by atoms with E-state index in [9.17, 15) is 8.42 Å². The standard InChI is InChI=1S/C11H22Cl2O2S/c1-2-3-4-5-6-7-8-16(14,15)10-11(13)9-12/h11H,2-10H2,1H3/t11-/m1/s1. The Morgan fingerprint density at radius 3 is 2.19 bits per heavy atom. The van der Waals surface area contributed by atoms with E-state index in [0.29, 0.717) is 0 Å². The van der Waals surface area contributed by atoms with Crippen LogP contribution < -0.4 is 0 Å². The SMILES string of the molecule is CCCCCCCCS(=O)(=O)C[C@H](Cl)CCl. The molecule has 0 spiro atoms. The van der Waals surface area contributed by atoms with Crippen LogP contribution in [0.15, 0.2) is 0 Å². The fourth-order valence-corrected chi connectivity index (χ4v) is 3.80. The van der Waals surface area contributed by atoms with E-state index in [4.69, 9.17) is 23.2 Å². The molecule has 0 radical (unpaired) electrons. The van der Waals surface area contributed by atoms with Crippen molar-refractivity contribution < 1.29 is 8.42 Å². The Labute approximate surface area is 110 Å². The van der Waals surface area contributed by atoms with E-state index in [-0.39, 0.29) is 17.4 Å². The smallest absolute Gasteiger partial charge is 0.151 e. The van der Waals surface area contributed by atoms with Gasteiger partial charge in [-0.2, -0.15) is 0 Å². The van der Waals surface area contributed by atoms with Crippen LogP contribution in [-0.4, -0.2) is 31.2 Å². The first-order valence-corrected chi connectivity index (χ1v) is 8.71. The Hall–Kier alpha value is 0.530. The van der Waals surface area contributed by atoms with Crippen molar-refractivity contribution in [2.24, 2.45) is 0 Å². The molecule has 0 N–H and O–H groups in total. The average Bonchev–Trinajstić information content (AvgIpc) is 2.22. The first-order valence-electron chi connectivity index (χ1n) is 5.92. The summed E-state index contributed by atoms with van der Waals surface area (Å²) in [5.41, 5.74) is 0. The van der Waals surface area contributed by atoms with E-state index in [1.807, 2.05) is 0 Å². The molecule has 0 aliphatic heterocycles. The highest BCUT2D eigenvalue weighted by Crippen LogP contribution is 2.09. The van der Waals surface area contributed by atoms with E-state index in [1.54, 1.807) is 0 Å². The summed E-state index contributed by atoms with van der Waals surface area (Å²) in [4.78, 5) is 0. The van der Waals surface area contributed by atoms with Crippen molar-refractivity contribution >= 4 is 33.0 Å². The maximum absolute atomic E-state index is 11.5. The molecule has 16 heavy (non-hydrogen) atoms. The van der Waals surface area contributed by atoms with Crippen LogP contribution in [0.3, 0.4) is 0 Å². The van der Waals surface area contributed by atoms with Gasteiger partial charge in [-0.1, -0.05) is 39.0 Å². The summed E-state index contributed by atoms with van der Waals surface area (Å²) < 4.78 is 23.1. The maximum Gasteiger partial charge on any atom is 0.151 e. The van der Waals surface area contributed by atoms with E-state index in [2.05, 4.69) is 6.92 Å². The van der Waals surface area contributed by atoms with Crippen molar-refractivity contribution in [3.63, 3.8) is 0 Å². The summed E-state index contributed by atoms with van der Waals surface area (Å²) in [7, 11) is -3.00. The molecule has 1 atom stereocenters. The molecule has 0 saturated heterocycles. The molecule has 0 aromatic heterocycles. The van der Waals surface area contributed by atoms with Gasteiger partial charge in [-0.05, 0) is 6.42 Å². The van der Waals surface area contributed by atoms with Gasteiger partial charge in [0, 0.05) is 5.88 Å². The molecular weight excluding hydrogens is 267 g/mol. The third kappa shape index (κ3) is 9.73. The van der Waals surface area contributed by atoms with Gasteiger partial charge in [0.25, 0.3) is 0 Å². The molecule has 0 aliphatic carbocycles. The van der Waals surface area contributed by atoms with Crippen LogP contribution >= 0.6 is 23.2 Å². The lowest BCUT2D eigenvalue weighted by Gasteiger charge is -2.07. The van der Waals surface area contributed by atoms with Crippen LogP contribution in [0.5, 0.6) is 0 Å². The Kier molecular flexibility index (Phi) is 9.87. The van der Waals surface area contributed by atoms with Crippen LogP contribution in [-0.2, 0) is 9.84 Å². The third-order valence-corrected chi connectivity index (χ3v) is 5.25. The molecule has 0 heterocycles. The molecule has 0 unspecified atom stereocenters. The summed E-state index contributed by atoms with van der Waals surface area (Å²) in [5.74, 6) is 0.448. The summed E-state index contributed by atoms with van der Waals surface area (Å²) >= 11 is 11.2. The molecule has 0 saturated carbocycles. The largest absolute Gasteiger partial charge is 0.229 e. The highest BCUT2D eigenvalue weighted by atomic mass is 35.5. The summed E-state index contributed by atoms with van der Waals surface area (Å²) in [5, 5.41) is -0.452.